The zero-order chi connectivity index (χ0) is 40.7. The first-order valence-electron chi connectivity index (χ1n) is 21.4. The van der Waals surface area contributed by atoms with Crippen LogP contribution in [0.15, 0.2) is 36.5 Å². The Hall–Kier alpha value is -2.72. The van der Waals surface area contributed by atoms with Crippen LogP contribution in [-0.4, -0.2) is 61.3 Å². The van der Waals surface area contributed by atoms with Gasteiger partial charge in [0.25, 0.3) is 0 Å². The summed E-state index contributed by atoms with van der Waals surface area (Å²) < 4.78 is 0. The molecule has 0 aromatic rings. The average Bonchev–Trinajstić information content (AvgIpc) is 4.05. The molecule has 6 N–H and O–H groups in total. The molecule has 0 bridgehead atoms. The molecule has 3 saturated carbocycles. The van der Waals surface area contributed by atoms with Crippen LogP contribution in [0.4, 0.5) is 0 Å². The zero-order valence-corrected chi connectivity index (χ0v) is 36.0. The van der Waals surface area contributed by atoms with Gasteiger partial charge in [-0.15, -0.1) is 0 Å². The van der Waals surface area contributed by atoms with E-state index in [4.69, 9.17) is 25.5 Å². The summed E-state index contributed by atoms with van der Waals surface area (Å²) in [5.74, 6) is 20.5. The first-order chi connectivity index (χ1) is 26.4. The van der Waals surface area contributed by atoms with E-state index in [0.29, 0.717) is 12.8 Å². The minimum absolute atomic E-state index is 0. The van der Waals surface area contributed by atoms with E-state index in [9.17, 15) is 9.59 Å². The number of carboxylic acids is 2. The standard InChI is InChI=1S/2C16H24O3.C16H26O.CH4.Li.H2O/c2*1-13(17)8-4-2-3-5-9-14-12-15(14)10-6-7-11-16(18)19;1-3-4-7-11-15-13-16(15)12-9-6-5-8-10-14(2)17;;;/h2*2-3,13-15,17H,5-7,9-12H2,1H3,(H,18,19);5-6,14-17H,3-4,7,9,11-13H2,1-2H3;1H4;;1H2/q;;;;+1;/p-1/b2*3-2-;6-5-;;;/t2*13?,14-,15-;14?,15-,16-;;;/m111.../s1. The summed E-state index contributed by atoms with van der Waals surface area (Å²) in [6.45, 7) is 7.26. The second kappa shape index (κ2) is 38.5. The number of allylic oxidation sites excluding steroid dienone is 6. The SMILES string of the molecule is C.CC(O)C#C/C=C\CC[C@@H]1C[C@H]1CCCCC(=O)O.CC(O)C#C/C=C\CC[C@@H]1C[C@H]1CCCCC(=O)O.CCCCC[C@@H]1C[C@H]1CC/C=C\C#CC(C)O.[Li+].[OH-]. The number of hydrogen-bond acceptors (Lipinski definition) is 6. The van der Waals surface area contributed by atoms with Crippen LogP contribution in [-0.2, 0) is 9.59 Å². The number of unbranched alkanes of at least 4 members (excludes halogenated alkanes) is 4. The molecule has 0 saturated heterocycles. The van der Waals surface area contributed by atoms with Gasteiger partial charge in [0.05, 0.1) is 0 Å². The summed E-state index contributed by atoms with van der Waals surface area (Å²) in [7, 11) is 0. The van der Waals surface area contributed by atoms with E-state index in [1.165, 1.54) is 77.0 Å². The van der Waals surface area contributed by atoms with Gasteiger partial charge in [-0.2, -0.15) is 0 Å². The molecule has 0 aliphatic heterocycles. The van der Waals surface area contributed by atoms with Crippen LogP contribution in [0.1, 0.15) is 170 Å². The van der Waals surface area contributed by atoms with Crippen molar-refractivity contribution in [2.45, 2.75) is 188 Å². The second-order valence-electron chi connectivity index (χ2n) is 15.9. The van der Waals surface area contributed by atoms with Crippen molar-refractivity contribution >= 4 is 11.9 Å². The van der Waals surface area contributed by atoms with Gasteiger partial charge in [-0.05, 0) is 145 Å². The Morgan fingerprint density at radius 2 is 0.810 bits per heavy atom. The van der Waals surface area contributed by atoms with Crippen molar-refractivity contribution in [3.05, 3.63) is 36.5 Å². The number of rotatable bonds is 23. The molecule has 0 heterocycles. The average molecular weight is 803 g/mol. The molecule has 9 heteroatoms. The molecule has 58 heavy (non-hydrogen) atoms. The molecule has 0 radical (unpaired) electrons. The third-order valence-corrected chi connectivity index (χ3v) is 10.4. The number of aliphatic hydroxyl groups excluding tert-OH is 3. The van der Waals surface area contributed by atoms with Crippen LogP contribution in [0.25, 0.3) is 0 Å². The molecular weight excluding hydrogens is 723 g/mol. The van der Waals surface area contributed by atoms with Gasteiger partial charge in [-0.3, -0.25) is 9.59 Å². The Balaban J connectivity index is -0.000000764. The monoisotopic (exact) mass is 803 g/mol. The van der Waals surface area contributed by atoms with Crippen LogP contribution >= 0.6 is 0 Å². The topological polar surface area (TPSA) is 165 Å². The number of aliphatic hydroxyl groups is 3. The third-order valence-electron chi connectivity index (χ3n) is 10.4. The Kier molecular flexibility index (Phi) is 39.5. The Morgan fingerprint density at radius 3 is 1.07 bits per heavy atom. The molecule has 3 fully saturated rings. The van der Waals surface area contributed by atoms with Gasteiger partial charge in [0.2, 0.25) is 0 Å². The smallest absolute Gasteiger partial charge is 0.870 e. The fraction of sp³-hybridized carbons (Fsp3) is 0.714. The van der Waals surface area contributed by atoms with Gasteiger partial charge in [-0.1, -0.05) is 119 Å². The molecule has 3 aliphatic rings. The Morgan fingerprint density at radius 1 is 0.534 bits per heavy atom. The third kappa shape index (κ3) is 38.8. The molecule has 0 amide bonds. The van der Waals surface area contributed by atoms with Crippen molar-refractivity contribution in [2.75, 3.05) is 0 Å². The van der Waals surface area contributed by atoms with Gasteiger partial charge in [0, 0.05) is 12.8 Å². The number of aliphatic carboxylic acids is 2. The fourth-order valence-electron chi connectivity index (χ4n) is 6.94. The molecule has 0 aromatic carbocycles. The molecule has 0 aromatic heterocycles. The van der Waals surface area contributed by atoms with Crippen molar-refractivity contribution in [3.8, 4) is 35.5 Å². The van der Waals surface area contributed by atoms with E-state index in [-0.39, 0.29) is 31.8 Å². The van der Waals surface area contributed by atoms with Gasteiger partial charge in [-0.25, -0.2) is 0 Å². The first-order valence-corrected chi connectivity index (χ1v) is 21.4. The van der Waals surface area contributed by atoms with Gasteiger partial charge < -0.3 is 31.0 Å². The molecule has 0 spiro atoms. The number of hydrogen-bond donors (Lipinski definition) is 5. The molecule has 9 atom stereocenters. The molecule has 324 valence electrons. The van der Waals surface area contributed by atoms with E-state index in [1.807, 2.05) is 18.2 Å². The summed E-state index contributed by atoms with van der Waals surface area (Å²) in [4.78, 5) is 20.7. The Bertz CT molecular complexity index is 1260. The molecule has 8 nitrogen and oxygen atoms in total. The first kappa shape index (κ1) is 59.6. The van der Waals surface area contributed by atoms with Crippen LogP contribution in [0.3, 0.4) is 0 Å². The maximum absolute atomic E-state index is 10.4. The Labute approximate surface area is 365 Å². The van der Waals surface area contributed by atoms with E-state index < -0.39 is 30.3 Å². The normalized spacial score (nSPS) is 22.1. The van der Waals surface area contributed by atoms with Gasteiger partial charge in [0.1, 0.15) is 18.3 Å². The van der Waals surface area contributed by atoms with Crippen molar-refractivity contribution in [2.24, 2.45) is 35.5 Å². The minimum Gasteiger partial charge on any atom is -0.870 e. The molecule has 3 aliphatic carbocycles. The van der Waals surface area contributed by atoms with Gasteiger partial charge in [0.15, 0.2) is 0 Å². The van der Waals surface area contributed by atoms with E-state index in [0.717, 1.165) is 80.5 Å². The zero-order valence-electron chi connectivity index (χ0n) is 36.0. The van der Waals surface area contributed by atoms with Crippen LogP contribution < -0.4 is 18.9 Å². The summed E-state index contributed by atoms with van der Waals surface area (Å²) in [6, 6.07) is 0. The maximum Gasteiger partial charge on any atom is 1.00 e. The van der Waals surface area contributed by atoms with Gasteiger partial charge >= 0.3 is 30.8 Å². The van der Waals surface area contributed by atoms with Crippen LogP contribution in [0.5, 0.6) is 0 Å². The number of carbonyl (C=O) groups is 2. The van der Waals surface area contributed by atoms with E-state index in [2.05, 4.69) is 60.7 Å². The van der Waals surface area contributed by atoms with Crippen molar-refractivity contribution in [1.82, 2.24) is 0 Å². The predicted octanol–water partition coefficient (Wildman–Crippen LogP) is 7.36. The summed E-state index contributed by atoms with van der Waals surface area (Å²) in [5.41, 5.74) is 0. The molecular formula is C49H79LiO8. The minimum atomic E-state index is -0.684. The number of carboxylic acid groups (broad SMARTS) is 2. The van der Waals surface area contributed by atoms with Crippen molar-refractivity contribution in [3.63, 3.8) is 0 Å². The summed E-state index contributed by atoms with van der Waals surface area (Å²) >= 11 is 0. The second-order valence-corrected chi connectivity index (χ2v) is 15.9. The van der Waals surface area contributed by atoms with Crippen molar-refractivity contribution in [1.29, 1.82) is 0 Å². The predicted molar refractivity (Wildman–Crippen MR) is 233 cm³/mol. The van der Waals surface area contributed by atoms with Crippen LogP contribution in [0, 0.1) is 71.0 Å². The fourth-order valence-corrected chi connectivity index (χ4v) is 6.94. The summed E-state index contributed by atoms with van der Waals surface area (Å²) in [5, 5.41) is 43.9. The summed E-state index contributed by atoms with van der Waals surface area (Å²) in [6.07, 6.45) is 33.5. The quantitative estimate of drug-likeness (QED) is 0.0406. The van der Waals surface area contributed by atoms with E-state index >= 15 is 0 Å². The van der Waals surface area contributed by atoms with Crippen molar-refractivity contribution < 1.29 is 59.5 Å². The molecule has 3 unspecified atom stereocenters. The van der Waals surface area contributed by atoms with E-state index in [1.54, 1.807) is 20.8 Å². The van der Waals surface area contributed by atoms with Crippen LogP contribution in [0.2, 0.25) is 0 Å². The maximum atomic E-state index is 10.4. The molecule has 3 rings (SSSR count). The largest absolute Gasteiger partial charge is 1.00 e.